The molecule has 1 saturated carbocycles. The summed E-state index contributed by atoms with van der Waals surface area (Å²) >= 11 is 0. The molecule has 2 unspecified atom stereocenters. The molecule has 3 N–H and O–H groups in total. The number of amides is 1. The van der Waals surface area contributed by atoms with Crippen molar-refractivity contribution < 1.29 is 4.79 Å². The molecule has 4 heteroatoms. The molecule has 2 fully saturated rings. The van der Waals surface area contributed by atoms with E-state index in [9.17, 15) is 4.79 Å². The first-order valence-electron chi connectivity index (χ1n) is 7.85. The molecule has 0 spiro atoms. The smallest absolute Gasteiger partial charge is 0.227 e. The third kappa shape index (κ3) is 3.29. The molecule has 0 aromatic rings. The number of nitrogens with two attached hydrogens (primary N) is 1. The Bertz CT molecular complexity index is 313. The topological polar surface area (TPSA) is 58.4 Å². The summed E-state index contributed by atoms with van der Waals surface area (Å²) in [5, 5.41) is 3.25. The first-order valence-corrected chi connectivity index (χ1v) is 7.85. The quantitative estimate of drug-likeness (QED) is 0.811. The van der Waals surface area contributed by atoms with Gasteiger partial charge < -0.3 is 16.0 Å². The number of likely N-dealkylation sites (tertiary alicyclic amines) is 1. The Morgan fingerprint density at radius 2 is 2.05 bits per heavy atom. The number of hydrogen-bond acceptors (Lipinski definition) is 3. The molecule has 1 amide bonds. The number of hydrogen-bond donors (Lipinski definition) is 2. The van der Waals surface area contributed by atoms with Crippen molar-refractivity contribution in [3.05, 3.63) is 0 Å². The molecular weight excluding hydrogens is 238 g/mol. The second-order valence-corrected chi connectivity index (χ2v) is 6.51. The van der Waals surface area contributed by atoms with E-state index < -0.39 is 0 Å². The summed E-state index contributed by atoms with van der Waals surface area (Å²) in [6.45, 7) is 7.66. The van der Waals surface area contributed by atoms with Gasteiger partial charge >= 0.3 is 0 Å². The van der Waals surface area contributed by atoms with Crippen LogP contribution in [-0.2, 0) is 4.79 Å². The number of carbonyl (C=O) groups is 1. The summed E-state index contributed by atoms with van der Waals surface area (Å²) < 4.78 is 0. The fourth-order valence-corrected chi connectivity index (χ4v) is 3.44. The van der Waals surface area contributed by atoms with E-state index in [1.807, 2.05) is 6.92 Å². The lowest BCUT2D eigenvalue weighted by atomic mass is 9.83. The van der Waals surface area contributed by atoms with E-state index in [-0.39, 0.29) is 17.4 Å². The zero-order valence-electron chi connectivity index (χ0n) is 12.5. The summed E-state index contributed by atoms with van der Waals surface area (Å²) in [6, 6.07) is 0.387. The molecule has 0 bridgehead atoms. The molecule has 2 aliphatic rings. The molecule has 0 aromatic carbocycles. The third-order valence-corrected chi connectivity index (χ3v) is 5.01. The highest BCUT2D eigenvalue weighted by atomic mass is 16.2. The molecule has 1 aliphatic heterocycles. The molecule has 0 radical (unpaired) electrons. The number of nitrogens with zero attached hydrogens (tertiary/aromatic N) is 1. The lowest BCUT2D eigenvalue weighted by Gasteiger charge is -2.35. The summed E-state index contributed by atoms with van der Waals surface area (Å²) in [7, 11) is 0. The summed E-state index contributed by atoms with van der Waals surface area (Å²) in [6.07, 6.45) is 6.38. The summed E-state index contributed by atoms with van der Waals surface area (Å²) in [5.41, 5.74) is 5.78. The second kappa shape index (κ2) is 6.23. The van der Waals surface area contributed by atoms with Gasteiger partial charge in [-0.15, -0.1) is 0 Å². The van der Waals surface area contributed by atoms with Crippen LogP contribution in [0.4, 0.5) is 0 Å². The van der Waals surface area contributed by atoms with Gasteiger partial charge in [0, 0.05) is 25.2 Å². The molecule has 4 nitrogen and oxygen atoms in total. The van der Waals surface area contributed by atoms with Crippen LogP contribution in [0.25, 0.3) is 0 Å². The van der Waals surface area contributed by atoms with Crippen LogP contribution in [0.5, 0.6) is 0 Å². The maximum absolute atomic E-state index is 12.4. The lowest BCUT2D eigenvalue weighted by Crippen LogP contribution is -2.52. The number of rotatable bonds is 4. The molecule has 2 atom stereocenters. The first kappa shape index (κ1) is 14.8. The van der Waals surface area contributed by atoms with Gasteiger partial charge in [-0.3, -0.25) is 4.79 Å². The van der Waals surface area contributed by atoms with Crippen molar-refractivity contribution >= 4 is 5.91 Å². The SMILES string of the molecule is CCCN1CCC(NC(=O)C2(C)CCCC2N)CC1. The molecule has 1 heterocycles. The van der Waals surface area contributed by atoms with Gasteiger partial charge in [-0.1, -0.05) is 13.3 Å². The van der Waals surface area contributed by atoms with Crippen LogP contribution in [0.2, 0.25) is 0 Å². The largest absolute Gasteiger partial charge is 0.353 e. The van der Waals surface area contributed by atoms with E-state index >= 15 is 0 Å². The predicted octanol–water partition coefficient (Wildman–Crippen LogP) is 1.49. The van der Waals surface area contributed by atoms with Crippen molar-refractivity contribution in [3.63, 3.8) is 0 Å². The first-order chi connectivity index (χ1) is 9.06. The van der Waals surface area contributed by atoms with E-state index in [1.165, 1.54) is 13.0 Å². The molecule has 0 aromatic heterocycles. The van der Waals surface area contributed by atoms with Crippen molar-refractivity contribution in [2.45, 2.75) is 64.5 Å². The Morgan fingerprint density at radius 1 is 1.37 bits per heavy atom. The van der Waals surface area contributed by atoms with Crippen molar-refractivity contribution in [1.29, 1.82) is 0 Å². The Hall–Kier alpha value is -0.610. The van der Waals surface area contributed by atoms with Gasteiger partial charge in [-0.25, -0.2) is 0 Å². The monoisotopic (exact) mass is 267 g/mol. The fourth-order valence-electron chi connectivity index (χ4n) is 3.44. The van der Waals surface area contributed by atoms with Gasteiger partial charge in [0.05, 0.1) is 5.41 Å². The van der Waals surface area contributed by atoms with E-state index in [0.29, 0.717) is 6.04 Å². The van der Waals surface area contributed by atoms with E-state index in [2.05, 4.69) is 17.1 Å². The molecule has 1 aliphatic carbocycles. The Labute approximate surface area is 117 Å². The van der Waals surface area contributed by atoms with Crippen LogP contribution >= 0.6 is 0 Å². The second-order valence-electron chi connectivity index (χ2n) is 6.51. The highest BCUT2D eigenvalue weighted by molar-refractivity contribution is 5.83. The van der Waals surface area contributed by atoms with Gasteiger partial charge in [0.25, 0.3) is 0 Å². The maximum Gasteiger partial charge on any atom is 0.227 e. The number of nitrogens with one attached hydrogen (secondary N) is 1. The average molecular weight is 267 g/mol. The minimum Gasteiger partial charge on any atom is -0.353 e. The zero-order valence-corrected chi connectivity index (χ0v) is 12.5. The van der Waals surface area contributed by atoms with Crippen LogP contribution in [0.1, 0.15) is 52.4 Å². The molecule has 2 rings (SSSR count). The molecule has 1 saturated heterocycles. The normalized spacial score (nSPS) is 33.5. The van der Waals surface area contributed by atoms with Gasteiger partial charge in [0.15, 0.2) is 0 Å². The van der Waals surface area contributed by atoms with E-state index in [4.69, 9.17) is 5.73 Å². The highest BCUT2D eigenvalue weighted by Gasteiger charge is 2.43. The number of carbonyl (C=O) groups excluding carboxylic acids is 1. The van der Waals surface area contributed by atoms with Crippen LogP contribution in [0.15, 0.2) is 0 Å². The zero-order chi connectivity index (χ0) is 13.9. The maximum atomic E-state index is 12.4. The van der Waals surface area contributed by atoms with Gasteiger partial charge in [-0.2, -0.15) is 0 Å². The van der Waals surface area contributed by atoms with Crippen molar-refractivity contribution in [3.8, 4) is 0 Å². The van der Waals surface area contributed by atoms with Crippen LogP contribution in [0.3, 0.4) is 0 Å². The summed E-state index contributed by atoms with van der Waals surface area (Å²) in [4.78, 5) is 14.9. The Balaban J connectivity index is 1.81. The minimum absolute atomic E-state index is 0.0349. The Morgan fingerprint density at radius 3 is 2.58 bits per heavy atom. The summed E-state index contributed by atoms with van der Waals surface area (Å²) in [5.74, 6) is 0.187. The highest BCUT2D eigenvalue weighted by Crippen LogP contribution is 2.37. The third-order valence-electron chi connectivity index (χ3n) is 5.01. The van der Waals surface area contributed by atoms with Crippen LogP contribution < -0.4 is 11.1 Å². The van der Waals surface area contributed by atoms with E-state index in [0.717, 1.165) is 45.2 Å². The lowest BCUT2D eigenvalue weighted by molar-refractivity contribution is -0.131. The van der Waals surface area contributed by atoms with Gasteiger partial charge in [0.1, 0.15) is 0 Å². The van der Waals surface area contributed by atoms with Crippen molar-refractivity contribution in [2.24, 2.45) is 11.1 Å². The van der Waals surface area contributed by atoms with E-state index in [1.54, 1.807) is 0 Å². The van der Waals surface area contributed by atoms with Crippen LogP contribution in [-0.4, -0.2) is 42.5 Å². The Kier molecular flexibility index (Phi) is 4.85. The fraction of sp³-hybridized carbons (Fsp3) is 0.933. The van der Waals surface area contributed by atoms with Crippen LogP contribution in [0, 0.1) is 5.41 Å². The molecule has 110 valence electrons. The van der Waals surface area contributed by atoms with Gasteiger partial charge in [-0.05, 0) is 45.6 Å². The number of piperidine rings is 1. The molecular formula is C15H29N3O. The average Bonchev–Trinajstić information content (AvgIpc) is 2.74. The molecule has 19 heavy (non-hydrogen) atoms. The predicted molar refractivity (Wildman–Crippen MR) is 77.8 cm³/mol. The minimum atomic E-state index is -0.333. The van der Waals surface area contributed by atoms with Crippen molar-refractivity contribution in [2.75, 3.05) is 19.6 Å². The standard InChI is InChI=1S/C15H29N3O/c1-3-9-18-10-6-12(7-11-18)17-14(19)15(2)8-4-5-13(15)16/h12-13H,3-11,16H2,1-2H3,(H,17,19). The van der Waals surface area contributed by atoms with Crippen molar-refractivity contribution in [1.82, 2.24) is 10.2 Å². The van der Waals surface area contributed by atoms with Gasteiger partial charge in [0.2, 0.25) is 5.91 Å².